The van der Waals surface area contributed by atoms with Crippen LogP contribution in [0.15, 0.2) is 65.7 Å². The summed E-state index contributed by atoms with van der Waals surface area (Å²) >= 11 is 0. The summed E-state index contributed by atoms with van der Waals surface area (Å²) in [6, 6.07) is 18.9. The second kappa shape index (κ2) is 7.75. The molecule has 5 nitrogen and oxygen atoms in total. The molecular weight excluding hydrogens is 300 g/mol. The van der Waals surface area contributed by atoms with Crippen LogP contribution in [0.1, 0.15) is 10.4 Å². The molecule has 0 bridgehead atoms. The number of hydrogen-bond donors (Lipinski definition) is 1. The van der Waals surface area contributed by atoms with Gasteiger partial charge in [0.25, 0.3) is 5.91 Å². The highest BCUT2D eigenvalue weighted by molar-refractivity contribution is 6.06. The van der Waals surface area contributed by atoms with Crippen LogP contribution in [0.2, 0.25) is 0 Å². The first-order valence-electron chi connectivity index (χ1n) is 8.16. The number of likely N-dealkylation sites (N-methyl/N-ethyl adjacent to an activating group) is 1. The number of amides is 1. The van der Waals surface area contributed by atoms with Crippen LogP contribution < -0.4 is 5.32 Å². The summed E-state index contributed by atoms with van der Waals surface area (Å²) in [6.07, 6.45) is 0. The van der Waals surface area contributed by atoms with Gasteiger partial charge in [0.1, 0.15) is 0 Å². The maximum Gasteiger partial charge on any atom is 0.257 e. The molecule has 3 rings (SSSR count). The molecule has 1 N–H and O–H groups in total. The fraction of sp³-hybridized carbons (Fsp3) is 0.263. The maximum atomic E-state index is 12.5. The van der Waals surface area contributed by atoms with E-state index in [1.807, 2.05) is 48.5 Å². The number of carbonyl (C=O) groups excluding carboxylic acids is 1. The van der Waals surface area contributed by atoms with E-state index in [2.05, 4.69) is 27.2 Å². The number of nitrogens with zero attached hydrogens (tertiary/aromatic N) is 3. The van der Waals surface area contributed by atoms with E-state index in [0.29, 0.717) is 11.5 Å². The monoisotopic (exact) mass is 322 g/mol. The van der Waals surface area contributed by atoms with Crippen LogP contribution in [0.25, 0.3) is 0 Å². The standard InChI is InChI=1S/C19H22N4O/c1-22-12-14-23(15-13-22)19(20-17-10-6-3-7-11-17)21-18(24)16-8-4-2-5-9-16/h2-11H,12-15H2,1H3,(H,20,21,24). The molecule has 2 aromatic rings. The Morgan fingerprint density at radius 2 is 1.50 bits per heavy atom. The molecule has 1 amide bonds. The van der Waals surface area contributed by atoms with E-state index < -0.39 is 0 Å². The van der Waals surface area contributed by atoms with Gasteiger partial charge in [-0.1, -0.05) is 36.4 Å². The predicted octanol–water partition coefficient (Wildman–Crippen LogP) is 2.35. The highest BCUT2D eigenvalue weighted by Gasteiger charge is 2.20. The average molecular weight is 322 g/mol. The van der Waals surface area contributed by atoms with Crippen LogP contribution in [0, 0.1) is 0 Å². The zero-order valence-corrected chi connectivity index (χ0v) is 13.9. The molecule has 1 aliphatic heterocycles. The highest BCUT2D eigenvalue weighted by Crippen LogP contribution is 2.12. The summed E-state index contributed by atoms with van der Waals surface area (Å²) in [4.78, 5) is 21.6. The minimum absolute atomic E-state index is 0.135. The minimum Gasteiger partial charge on any atom is -0.340 e. The molecule has 124 valence electrons. The molecule has 1 fully saturated rings. The number of piperazine rings is 1. The number of guanidine groups is 1. The lowest BCUT2D eigenvalue weighted by molar-refractivity contribution is 0.0969. The minimum atomic E-state index is -0.135. The van der Waals surface area contributed by atoms with Crippen LogP contribution in [-0.2, 0) is 0 Å². The predicted molar refractivity (Wildman–Crippen MR) is 96.5 cm³/mol. The normalized spacial score (nSPS) is 16.0. The zero-order valence-electron chi connectivity index (χ0n) is 13.9. The van der Waals surface area contributed by atoms with Gasteiger partial charge < -0.3 is 9.80 Å². The average Bonchev–Trinajstić information content (AvgIpc) is 2.63. The second-order valence-corrected chi connectivity index (χ2v) is 5.88. The molecule has 5 heteroatoms. The number of rotatable bonds is 2. The molecular formula is C19H22N4O. The van der Waals surface area contributed by atoms with E-state index in [1.54, 1.807) is 12.1 Å². The van der Waals surface area contributed by atoms with Crippen molar-refractivity contribution in [3.05, 3.63) is 66.2 Å². The van der Waals surface area contributed by atoms with Gasteiger partial charge in [0.2, 0.25) is 5.96 Å². The summed E-state index contributed by atoms with van der Waals surface area (Å²) in [5.74, 6) is 0.479. The van der Waals surface area contributed by atoms with Crippen LogP contribution in [0.4, 0.5) is 5.69 Å². The van der Waals surface area contributed by atoms with Crippen molar-refractivity contribution in [1.82, 2.24) is 15.1 Å². The third-order valence-electron chi connectivity index (χ3n) is 4.06. The number of hydrogen-bond acceptors (Lipinski definition) is 3. The van der Waals surface area contributed by atoms with E-state index in [1.165, 1.54) is 0 Å². The van der Waals surface area contributed by atoms with Crippen molar-refractivity contribution in [2.45, 2.75) is 0 Å². The van der Waals surface area contributed by atoms with Gasteiger partial charge in [0, 0.05) is 31.7 Å². The van der Waals surface area contributed by atoms with Crippen molar-refractivity contribution in [1.29, 1.82) is 0 Å². The first-order valence-corrected chi connectivity index (χ1v) is 8.16. The van der Waals surface area contributed by atoms with Gasteiger partial charge in [0.05, 0.1) is 5.69 Å². The molecule has 0 radical (unpaired) electrons. The number of para-hydroxylation sites is 1. The van der Waals surface area contributed by atoms with E-state index in [-0.39, 0.29) is 5.91 Å². The lowest BCUT2D eigenvalue weighted by Crippen LogP contribution is -2.52. The number of nitrogens with one attached hydrogen (secondary N) is 1. The second-order valence-electron chi connectivity index (χ2n) is 5.88. The fourth-order valence-electron chi connectivity index (χ4n) is 2.58. The van der Waals surface area contributed by atoms with Crippen molar-refractivity contribution >= 4 is 17.6 Å². The third kappa shape index (κ3) is 4.20. The topological polar surface area (TPSA) is 47.9 Å². The molecule has 0 unspecified atom stereocenters. The lowest BCUT2D eigenvalue weighted by atomic mass is 10.2. The maximum absolute atomic E-state index is 12.5. The third-order valence-corrected chi connectivity index (χ3v) is 4.06. The van der Waals surface area contributed by atoms with Gasteiger partial charge in [-0.05, 0) is 31.3 Å². The van der Waals surface area contributed by atoms with Gasteiger partial charge >= 0.3 is 0 Å². The van der Waals surface area contributed by atoms with Crippen LogP contribution in [-0.4, -0.2) is 54.9 Å². The Kier molecular flexibility index (Phi) is 5.23. The van der Waals surface area contributed by atoms with Gasteiger partial charge in [-0.15, -0.1) is 0 Å². The lowest BCUT2D eigenvalue weighted by Gasteiger charge is -2.34. The van der Waals surface area contributed by atoms with Gasteiger partial charge in [-0.25, -0.2) is 4.99 Å². The van der Waals surface area contributed by atoms with E-state index >= 15 is 0 Å². The summed E-state index contributed by atoms with van der Waals surface area (Å²) in [7, 11) is 2.11. The number of aliphatic imine (C=N–C) groups is 1. The summed E-state index contributed by atoms with van der Waals surface area (Å²) in [6.45, 7) is 3.60. The Balaban J connectivity index is 1.82. The molecule has 2 aromatic carbocycles. The first-order chi connectivity index (χ1) is 11.7. The van der Waals surface area contributed by atoms with Crippen molar-refractivity contribution in [3.63, 3.8) is 0 Å². The molecule has 1 heterocycles. The van der Waals surface area contributed by atoms with Crippen molar-refractivity contribution in [2.75, 3.05) is 33.2 Å². The van der Waals surface area contributed by atoms with Gasteiger partial charge in [-0.3, -0.25) is 10.1 Å². The summed E-state index contributed by atoms with van der Waals surface area (Å²) in [5, 5.41) is 2.98. The van der Waals surface area contributed by atoms with E-state index in [4.69, 9.17) is 0 Å². The zero-order chi connectivity index (χ0) is 16.8. The SMILES string of the molecule is CN1CCN(C(=Nc2ccccc2)NC(=O)c2ccccc2)CC1. The van der Waals surface area contributed by atoms with E-state index in [9.17, 15) is 4.79 Å². The molecule has 0 aliphatic carbocycles. The highest BCUT2D eigenvalue weighted by atomic mass is 16.1. The molecule has 1 saturated heterocycles. The van der Waals surface area contributed by atoms with Gasteiger partial charge in [0.15, 0.2) is 0 Å². The fourth-order valence-corrected chi connectivity index (χ4v) is 2.58. The Morgan fingerprint density at radius 3 is 2.12 bits per heavy atom. The van der Waals surface area contributed by atoms with Crippen molar-refractivity contribution < 1.29 is 4.79 Å². The number of benzene rings is 2. The van der Waals surface area contributed by atoms with Crippen LogP contribution in [0.5, 0.6) is 0 Å². The molecule has 0 spiro atoms. The Bertz CT molecular complexity index is 692. The smallest absolute Gasteiger partial charge is 0.257 e. The Morgan fingerprint density at radius 1 is 0.917 bits per heavy atom. The van der Waals surface area contributed by atoms with Crippen LogP contribution in [0.3, 0.4) is 0 Å². The van der Waals surface area contributed by atoms with E-state index in [0.717, 1.165) is 31.9 Å². The van der Waals surface area contributed by atoms with Crippen LogP contribution >= 0.6 is 0 Å². The molecule has 0 aromatic heterocycles. The van der Waals surface area contributed by atoms with Gasteiger partial charge in [-0.2, -0.15) is 0 Å². The quantitative estimate of drug-likeness (QED) is 0.682. The summed E-state index contributed by atoms with van der Waals surface area (Å²) < 4.78 is 0. The Labute approximate surface area is 142 Å². The molecule has 0 saturated carbocycles. The molecule has 24 heavy (non-hydrogen) atoms. The first kappa shape index (κ1) is 16.2. The Hall–Kier alpha value is -2.66. The summed E-state index contributed by atoms with van der Waals surface area (Å²) in [5.41, 5.74) is 1.46. The van der Waals surface area contributed by atoms with Crippen molar-refractivity contribution in [3.8, 4) is 0 Å². The largest absolute Gasteiger partial charge is 0.340 e. The molecule has 1 aliphatic rings. The van der Waals surface area contributed by atoms with Crippen molar-refractivity contribution in [2.24, 2.45) is 4.99 Å². The molecule has 0 atom stereocenters. The number of carbonyl (C=O) groups is 1.